The number of aromatic nitrogens is 3. The summed E-state index contributed by atoms with van der Waals surface area (Å²) < 4.78 is 18.3. The quantitative estimate of drug-likeness (QED) is 0.0470. The number of hydrogen-bond donors (Lipinski definition) is 5. The van der Waals surface area contributed by atoms with E-state index in [-0.39, 0.29) is 44.7 Å². The van der Waals surface area contributed by atoms with E-state index >= 15 is 0 Å². The van der Waals surface area contributed by atoms with E-state index in [9.17, 15) is 24.3 Å². The standard InChI is InChI=1S/C54H71N9O8S2/c1-34-44(60-53(68)71-42-9-7-6-8-10-42)25-40(30-55-34)39-15-16-43-46(26-39)73-52(59-43)57-29-37-17-19-62(20-18-37)21-22-69-23-24-70-32-47(65)61-49(54(3,4)5)51(67)63-31-41(64)27-45(63)50(66)56-28-36-11-13-38(14-12-36)48-35(2)58-33-72-48/h11-16,25-26,30,33,37,41-42,45,49,64H,6-10,17-24,27-29,31-32H2,1-5H3,(H,56,66)(H,57,59)(H,60,68)(H,61,65)/t41-,45+,49-/m1/s1. The molecule has 0 bridgehead atoms. The number of β-amino-alcohol motifs (C(OH)–C–C–N with tert-alkyl or cyclic N) is 1. The van der Waals surface area contributed by atoms with Gasteiger partial charge < -0.3 is 45.1 Å². The number of aliphatic hydroxyl groups excluding tert-OH is 1. The minimum absolute atomic E-state index is 0.00361. The van der Waals surface area contributed by atoms with Crippen LogP contribution in [0.5, 0.6) is 0 Å². The second-order valence-corrected chi connectivity index (χ2v) is 22.5. The largest absolute Gasteiger partial charge is 0.446 e. The summed E-state index contributed by atoms with van der Waals surface area (Å²) in [6, 6.07) is 14.2. The number of carbonyl (C=O) groups is 4. The molecule has 3 aliphatic rings. The van der Waals surface area contributed by atoms with Crippen molar-refractivity contribution in [1.82, 2.24) is 35.4 Å². The second kappa shape index (κ2) is 25.1. The predicted molar refractivity (Wildman–Crippen MR) is 286 cm³/mol. The zero-order valence-corrected chi connectivity index (χ0v) is 44.4. The van der Waals surface area contributed by atoms with Gasteiger partial charge in [-0.05, 0) is 112 Å². The molecule has 19 heteroatoms. The van der Waals surface area contributed by atoms with Crippen molar-refractivity contribution in [3.05, 3.63) is 77.2 Å². The fourth-order valence-electron chi connectivity index (χ4n) is 9.68. The maximum absolute atomic E-state index is 14.0. The number of anilines is 2. The molecule has 1 saturated carbocycles. The summed E-state index contributed by atoms with van der Waals surface area (Å²) in [7, 11) is 0. The molecule has 4 amide bonds. The van der Waals surface area contributed by atoms with Crippen LogP contribution in [0.1, 0.15) is 89.1 Å². The van der Waals surface area contributed by atoms with Gasteiger partial charge in [0.2, 0.25) is 17.7 Å². The molecule has 5 N–H and O–H groups in total. The molecule has 0 spiro atoms. The molecule has 5 aromatic rings. The van der Waals surface area contributed by atoms with Gasteiger partial charge in [0.05, 0.1) is 63.6 Å². The highest BCUT2D eigenvalue weighted by Crippen LogP contribution is 2.33. The molecule has 73 heavy (non-hydrogen) atoms. The van der Waals surface area contributed by atoms with E-state index in [2.05, 4.69) is 42.2 Å². The molecular weight excluding hydrogens is 967 g/mol. The molecule has 17 nitrogen and oxygen atoms in total. The smallest absolute Gasteiger partial charge is 0.411 e. The van der Waals surface area contributed by atoms with Crippen molar-refractivity contribution in [2.24, 2.45) is 11.3 Å². The Labute approximate surface area is 436 Å². The van der Waals surface area contributed by atoms with Gasteiger partial charge in [0.15, 0.2) is 5.13 Å². The third-order valence-electron chi connectivity index (χ3n) is 14.0. The number of rotatable bonds is 20. The van der Waals surface area contributed by atoms with Crippen LogP contribution in [0, 0.1) is 25.2 Å². The molecular formula is C54H71N9O8S2. The predicted octanol–water partition coefficient (Wildman–Crippen LogP) is 7.95. The zero-order valence-electron chi connectivity index (χ0n) is 42.7. The molecule has 2 saturated heterocycles. The molecule has 3 fully saturated rings. The Balaban J connectivity index is 0.700. The van der Waals surface area contributed by atoms with Crippen LogP contribution in [0.3, 0.4) is 0 Å². The van der Waals surface area contributed by atoms with Gasteiger partial charge in [-0.3, -0.25) is 24.7 Å². The number of carbonyl (C=O) groups excluding carboxylic acids is 4. The van der Waals surface area contributed by atoms with Crippen molar-refractivity contribution in [2.75, 3.05) is 69.8 Å². The van der Waals surface area contributed by atoms with Crippen LogP contribution >= 0.6 is 22.7 Å². The van der Waals surface area contributed by atoms with Gasteiger partial charge in [0.25, 0.3) is 0 Å². The van der Waals surface area contributed by atoms with E-state index in [1.54, 1.807) is 22.7 Å². The van der Waals surface area contributed by atoms with E-state index in [0.717, 1.165) is 119 Å². The molecule has 3 aromatic heterocycles. The first-order valence-corrected chi connectivity index (χ1v) is 27.4. The van der Waals surface area contributed by atoms with Gasteiger partial charge in [-0.1, -0.05) is 68.9 Å². The van der Waals surface area contributed by atoms with Crippen molar-refractivity contribution in [1.29, 1.82) is 0 Å². The van der Waals surface area contributed by atoms with Crippen molar-refractivity contribution < 1.29 is 38.5 Å². The second-order valence-electron chi connectivity index (χ2n) is 20.6. The summed E-state index contributed by atoms with van der Waals surface area (Å²) in [6.45, 7) is 14.1. The number of amides is 4. The third-order valence-corrected chi connectivity index (χ3v) is 15.9. The number of pyridine rings is 1. The number of hydrogen-bond acceptors (Lipinski definition) is 15. The lowest BCUT2D eigenvalue weighted by Gasteiger charge is -2.35. The number of aryl methyl sites for hydroxylation is 2. The van der Waals surface area contributed by atoms with Crippen molar-refractivity contribution >= 4 is 67.5 Å². The lowest BCUT2D eigenvalue weighted by molar-refractivity contribution is -0.144. The summed E-state index contributed by atoms with van der Waals surface area (Å²) in [5.74, 6) is -0.702. The van der Waals surface area contributed by atoms with Crippen LogP contribution in [-0.2, 0) is 35.1 Å². The Hall–Kier alpha value is -5.57. The van der Waals surface area contributed by atoms with Crippen LogP contribution in [-0.4, -0.2) is 137 Å². The van der Waals surface area contributed by atoms with Gasteiger partial charge in [-0.2, -0.15) is 0 Å². The fraction of sp³-hybridized carbons (Fsp3) is 0.537. The topological polar surface area (TPSA) is 209 Å². The summed E-state index contributed by atoms with van der Waals surface area (Å²) in [4.78, 5) is 71.9. The number of thiazole rings is 2. The van der Waals surface area contributed by atoms with Crippen LogP contribution in [0.15, 0.2) is 60.2 Å². The zero-order chi connectivity index (χ0) is 51.5. The Morgan fingerprint density at radius 3 is 2.37 bits per heavy atom. The molecule has 392 valence electrons. The normalized spacial score (nSPS) is 18.4. The highest BCUT2D eigenvalue weighted by Gasteiger charge is 2.44. The number of nitrogens with one attached hydrogen (secondary N) is 4. The molecule has 0 radical (unpaired) electrons. The minimum atomic E-state index is -0.947. The van der Waals surface area contributed by atoms with Crippen LogP contribution in [0.25, 0.3) is 31.8 Å². The average molecular weight is 1040 g/mol. The van der Waals surface area contributed by atoms with Gasteiger partial charge >= 0.3 is 6.09 Å². The maximum atomic E-state index is 14.0. The highest BCUT2D eigenvalue weighted by atomic mass is 32.1. The van der Waals surface area contributed by atoms with Crippen molar-refractivity contribution in [3.63, 3.8) is 0 Å². The SMILES string of the molecule is Cc1ncc(-c2ccc3nc(NCC4CCN(CCOCCOCC(=O)N[C@H](C(=O)N5C[C@H](O)C[C@H]5C(=O)NCc5ccc(-c6scnc6C)cc5)C(C)(C)C)CC4)sc3c2)cc1NC(=O)OC1CCCCC1. The van der Waals surface area contributed by atoms with E-state index in [1.165, 1.54) is 11.3 Å². The van der Waals surface area contributed by atoms with Crippen molar-refractivity contribution in [2.45, 2.75) is 117 Å². The first kappa shape index (κ1) is 53.7. The number of benzene rings is 2. The van der Waals surface area contributed by atoms with Crippen molar-refractivity contribution in [3.8, 4) is 21.6 Å². The molecule has 3 atom stereocenters. The number of ether oxygens (including phenoxy) is 3. The summed E-state index contributed by atoms with van der Waals surface area (Å²) in [5.41, 5.74) is 8.29. The van der Waals surface area contributed by atoms with Crippen LogP contribution in [0.2, 0.25) is 0 Å². The average Bonchev–Trinajstić information content (AvgIpc) is 4.12. The number of fused-ring (bicyclic) bond motifs is 1. The van der Waals surface area contributed by atoms with Gasteiger partial charge in [-0.25, -0.2) is 14.8 Å². The van der Waals surface area contributed by atoms with E-state index in [1.807, 2.05) is 88.8 Å². The first-order valence-electron chi connectivity index (χ1n) is 25.7. The number of aliphatic hydroxyl groups is 1. The van der Waals surface area contributed by atoms with E-state index < -0.39 is 41.5 Å². The first-order chi connectivity index (χ1) is 35.2. The molecule has 2 aliphatic heterocycles. The lowest BCUT2D eigenvalue weighted by Crippen LogP contribution is -2.58. The monoisotopic (exact) mass is 1040 g/mol. The Morgan fingerprint density at radius 1 is 0.877 bits per heavy atom. The molecule has 2 aromatic carbocycles. The molecule has 8 rings (SSSR count). The van der Waals surface area contributed by atoms with E-state index in [4.69, 9.17) is 19.2 Å². The molecule has 0 unspecified atom stereocenters. The lowest BCUT2D eigenvalue weighted by atomic mass is 9.85. The summed E-state index contributed by atoms with van der Waals surface area (Å²) >= 11 is 3.21. The molecule has 5 heterocycles. The van der Waals surface area contributed by atoms with Gasteiger partial charge in [0, 0.05) is 44.4 Å². The fourth-order valence-corrected chi connectivity index (χ4v) is 11.4. The van der Waals surface area contributed by atoms with Gasteiger partial charge in [0.1, 0.15) is 24.8 Å². The van der Waals surface area contributed by atoms with E-state index in [0.29, 0.717) is 24.8 Å². The summed E-state index contributed by atoms with van der Waals surface area (Å²) in [6.07, 6.45) is 8.00. The highest BCUT2D eigenvalue weighted by molar-refractivity contribution is 7.22. The van der Waals surface area contributed by atoms with Crippen LogP contribution < -0.4 is 21.3 Å². The minimum Gasteiger partial charge on any atom is -0.446 e. The number of piperidine rings is 1. The Kier molecular flexibility index (Phi) is 18.5. The number of nitrogens with zero attached hydrogens (tertiary/aromatic N) is 5. The third kappa shape index (κ3) is 14.8. The summed E-state index contributed by atoms with van der Waals surface area (Å²) in [5, 5.41) is 23.8. The maximum Gasteiger partial charge on any atom is 0.411 e. The number of likely N-dealkylation sites (tertiary alicyclic amines) is 2. The van der Waals surface area contributed by atoms with Crippen LogP contribution in [0.4, 0.5) is 15.6 Å². The Bertz CT molecular complexity index is 2660. The van der Waals surface area contributed by atoms with Gasteiger partial charge in [-0.15, -0.1) is 11.3 Å². The molecule has 1 aliphatic carbocycles. The Morgan fingerprint density at radius 2 is 1.63 bits per heavy atom.